The fourth-order valence-electron chi connectivity index (χ4n) is 1.44. The van der Waals surface area contributed by atoms with E-state index in [9.17, 15) is 0 Å². The maximum Gasteiger partial charge on any atom is 0.322 e. The van der Waals surface area contributed by atoms with Gasteiger partial charge in [-0.3, -0.25) is 0 Å². The zero-order valence-corrected chi connectivity index (χ0v) is 11.6. The van der Waals surface area contributed by atoms with Gasteiger partial charge in [-0.1, -0.05) is 17.7 Å². The Labute approximate surface area is 116 Å². The molecule has 1 heterocycles. The predicted molar refractivity (Wildman–Crippen MR) is 72.6 cm³/mol. The van der Waals surface area contributed by atoms with E-state index < -0.39 is 0 Å². The van der Waals surface area contributed by atoms with Gasteiger partial charge in [-0.05, 0) is 31.5 Å². The monoisotopic (exact) mass is 282 g/mol. The summed E-state index contributed by atoms with van der Waals surface area (Å²) in [5, 5.41) is 0.531. The molecule has 2 rings (SSSR count). The third kappa shape index (κ3) is 2.92. The normalized spacial score (nSPS) is 10.4. The molecule has 0 aliphatic heterocycles. The van der Waals surface area contributed by atoms with E-state index >= 15 is 0 Å². The summed E-state index contributed by atoms with van der Waals surface area (Å²) in [6.07, 6.45) is 1.66. The SMILES string of the molecule is Cc1ccc(Cl)c(Oc2ncc(CCl)c(C)n2)c1. The number of rotatable bonds is 3. The minimum Gasteiger partial charge on any atom is -0.423 e. The van der Waals surface area contributed by atoms with E-state index in [0.717, 1.165) is 16.8 Å². The van der Waals surface area contributed by atoms with E-state index in [0.29, 0.717) is 16.7 Å². The molecule has 0 saturated carbocycles. The van der Waals surface area contributed by atoms with Gasteiger partial charge in [0.15, 0.2) is 0 Å². The second-order valence-electron chi connectivity index (χ2n) is 3.93. The Morgan fingerprint density at radius 2 is 2.06 bits per heavy atom. The summed E-state index contributed by atoms with van der Waals surface area (Å²) < 4.78 is 5.57. The highest BCUT2D eigenvalue weighted by Crippen LogP contribution is 2.28. The number of hydrogen-bond acceptors (Lipinski definition) is 3. The van der Waals surface area contributed by atoms with Crippen molar-refractivity contribution in [1.82, 2.24) is 9.97 Å². The van der Waals surface area contributed by atoms with Crippen LogP contribution < -0.4 is 4.74 Å². The molecule has 0 radical (unpaired) electrons. The molecule has 2 aromatic rings. The highest BCUT2D eigenvalue weighted by Gasteiger charge is 2.07. The largest absolute Gasteiger partial charge is 0.423 e. The first-order valence-corrected chi connectivity index (χ1v) is 6.34. The molecule has 0 aliphatic carbocycles. The van der Waals surface area contributed by atoms with Crippen LogP contribution in [0.5, 0.6) is 11.8 Å². The van der Waals surface area contributed by atoms with Crippen LogP contribution in [0.1, 0.15) is 16.8 Å². The van der Waals surface area contributed by atoms with Crippen molar-refractivity contribution in [2.75, 3.05) is 0 Å². The molecule has 0 aliphatic rings. The van der Waals surface area contributed by atoms with Gasteiger partial charge in [-0.25, -0.2) is 4.98 Å². The maximum atomic E-state index is 6.04. The minimum absolute atomic E-state index is 0.272. The predicted octanol–water partition coefficient (Wildman–Crippen LogP) is 4.28. The summed E-state index contributed by atoms with van der Waals surface area (Å²) >= 11 is 11.8. The van der Waals surface area contributed by atoms with E-state index in [1.54, 1.807) is 12.3 Å². The Bertz CT molecular complexity index is 573. The summed E-state index contributed by atoms with van der Waals surface area (Å²) in [6, 6.07) is 5.81. The average Bonchev–Trinajstić information content (AvgIpc) is 2.34. The number of hydrogen-bond donors (Lipinski definition) is 0. The van der Waals surface area contributed by atoms with Crippen LogP contribution in [-0.4, -0.2) is 9.97 Å². The van der Waals surface area contributed by atoms with Gasteiger partial charge < -0.3 is 4.74 Å². The van der Waals surface area contributed by atoms with E-state index in [1.165, 1.54) is 0 Å². The zero-order chi connectivity index (χ0) is 13.1. The molecule has 0 unspecified atom stereocenters. The number of ether oxygens (including phenoxy) is 1. The van der Waals surface area contributed by atoms with Gasteiger partial charge in [0.1, 0.15) is 5.75 Å². The van der Waals surface area contributed by atoms with Crippen molar-refractivity contribution in [1.29, 1.82) is 0 Å². The van der Waals surface area contributed by atoms with E-state index in [1.807, 2.05) is 26.0 Å². The van der Waals surface area contributed by atoms with Crippen molar-refractivity contribution >= 4 is 23.2 Å². The zero-order valence-electron chi connectivity index (χ0n) is 10.1. The quantitative estimate of drug-likeness (QED) is 0.789. The van der Waals surface area contributed by atoms with Gasteiger partial charge in [0.25, 0.3) is 0 Å². The number of aromatic nitrogens is 2. The topological polar surface area (TPSA) is 35.0 Å². The van der Waals surface area contributed by atoms with Gasteiger partial charge in [0.05, 0.1) is 10.9 Å². The van der Waals surface area contributed by atoms with Crippen molar-refractivity contribution in [2.24, 2.45) is 0 Å². The van der Waals surface area contributed by atoms with Gasteiger partial charge in [-0.15, -0.1) is 11.6 Å². The van der Waals surface area contributed by atoms with Gasteiger partial charge in [-0.2, -0.15) is 4.98 Å². The number of aryl methyl sites for hydroxylation is 2. The van der Waals surface area contributed by atoms with Crippen LogP contribution >= 0.6 is 23.2 Å². The molecule has 5 heteroatoms. The fraction of sp³-hybridized carbons (Fsp3) is 0.231. The van der Waals surface area contributed by atoms with Crippen molar-refractivity contribution < 1.29 is 4.74 Å². The number of nitrogens with zero attached hydrogens (tertiary/aromatic N) is 2. The van der Waals surface area contributed by atoms with Crippen LogP contribution in [0.25, 0.3) is 0 Å². The molecule has 1 aromatic carbocycles. The van der Waals surface area contributed by atoms with E-state index in [4.69, 9.17) is 27.9 Å². The molecule has 3 nitrogen and oxygen atoms in total. The molecule has 1 aromatic heterocycles. The lowest BCUT2D eigenvalue weighted by atomic mass is 10.2. The van der Waals surface area contributed by atoms with E-state index in [-0.39, 0.29) is 6.01 Å². The van der Waals surface area contributed by atoms with Gasteiger partial charge in [0, 0.05) is 17.5 Å². The Morgan fingerprint density at radius 1 is 1.28 bits per heavy atom. The third-order valence-corrected chi connectivity index (χ3v) is 3.09. The second-order valence-corrected chi connectivity index (χ2v) is 4.61. The molecule has 18 heavy (non-hydrogen) atoms. The van der Waals surface area contributed by atoms with Crippen LogP contribution in [-0.2, 0) is 5.88 Å². The molecular formula is C13H12Cl2N2O. The third-order valence-electron chi connectivity index (χ3n) is 2.49. The highest BCUT2D eigenvalue weighted by atomic mass is 35.5. The first-order chi connectivity index (χ1) is 8.60. The summed E-state index contributed by atoms with van der Waals surface area (Å²) in [7, 11) is 0. The van der Waals surface area contributed by atoms with Crippen LogP contribution in [0.4, 0.5) is 0 Å². The lowest BCUT2D eigenvalue weighted by molar-refractivity contribution is 0.439. The van der Waals surface area contributed by atoms with E-state index in [2.05, 4.69) is 9.97 Å². The maximum absolute atomic E-state index is 6.04. The Balaban J connectivity index is 2.28. The molecule has 94 valence electrons. The lowest BCUT2D eigenvalue weighted by Crippen LogP contribution is -1.97. The Morgan fingerprint density at radius 3 is 2.72 bits per heavy atom. The standard InChI is InChI=1S/C13H12Cl2N2O/c1-8-3-4-11(15)12(5-8)18-13-16-7-10(6-14)9(2)17-13/h3-5,7H,6H2,1-2H3. The Hall–Kier alpha value is -1.32. The fourth-order valence-corrected chi connectivity index (χ4v) is 1.86. The Kier molecular flexibility index (Phi) is 4.04. The van der Waals surface area contributed by atoms with Crippen molar-refractivity contribution in [3.63, 3.8) is 0 Å². The molecule has 0 atom stereocenters. The molecule has 0 amide bonds. The number of benzene rings is 1. The lowest BCUT2D eigenvalue weighted by Gasteiger charge is -2.08. The first kappa shape index (κ1) is 13.1. The summed E-state index contributed by atoms with van der Waals surface area (Å²) in [5.74, 6) is 0.937. The smallest absolute Gasteiger partial charge is 0.322 e. The summed E-state index contributed by atoms with van der Waals surface area (Å²) in [6.45, 7) is 3.83. The number of halogens is 2. The minimum atomic E-state index is 0.272. The molecule has 0 fully saturated rings. The average molecular weight is 283 g/mol. The van der Waals surface area contributed by atoms with Gasteiger partial charge >= 0.3 is 6.01 Å². The molecule has 0 saturated heterocycles. The first-order valence-electron chi connectivity index (χ1n) is 5.42. The number of alkyl halides is 1. The summed E-state index contributed by atoms with van der Waals surface area (Å²) in [5.41, 5.74) is 2.75. The van der Waals surface area contributed by atoms with Gasteiger partial charge in [0.2, 0.25) is 0 Å². The molecule has 0 bridgehead atoms. The summed E-state index contributed by atoms with van der Waals surface area (Å²) in [4.78, 5) is 8.33. The highest BCUT2D eigenvalue weighted by molar-refractivity contribution is 6.32. The van der Waals surface area contributed by atoms with Crippen LogP contribution in [0.15, 0.2) is 24.4 Å². The van der Waals surface area contributed by atoms with Crippen molar-refractivity contribution in [3.8, 4) is 11.8 Å². The van der Waals surface area contributed by atoms with Crippen LogP contribution in [0.3, 0.4) is 0 Å². The van der Waals surface area contributed by atoms with Crippen molar-refractivity contribution in [3.05, 3.63) is 46.2 Å². The molecular weight excluding hydrogens is 271 g/mol. The van der Waals surface area contributed by atoms with Crippen LogP contribution in [0.2, 0.25) is 5.02 Å². The second kappa shape index (κ2) is 5.55. The van der Waals surface area contributed by atoms with Crippen molar-refractivity contribution in [2.45, 2.75) is 19.7 Å². The van der Waals surface area contributed by atoms with Crippen LogP contribution in [0, 0.1) is 13.8 Å². The molecule has 0 N–H and O–H groups in total. The molecule has 0 spiro atoms.